The molecule has 0 aromatic heterocycles. The van der Waals surface area contributed by atoms with E-state index in [1.807, 2.05) is 23.1 Å². The number of rotatable bonds is 7. The standard InChI is InChI=1S/C17H26N2O2.ClH/c1-14-6-4-8-16(12-14)21-11-3-2-9-17(20)19-10-5-7-15(19)13-18;/h4,6,8,12,15H,2-3,5,7,9-11,13,18H2,1H3;1H. The van der Waals surface area contributed by atoms with Crippen LogP contribution in [-0.2, 0) is 4.79 Å². The van der Waals surface area contributed by atoms with Gasteiger partial charge in [-0.05, 0) is 50.3 Å². The van der Waals surface area contributed by atoms with Crippen LogP contribution in [0.15, 0.2) is 24.3 Å². The highest BCUT2D eigenvalue weighted by atomic mass is 35.5. The molecular formula is C17H27ClN2O2. The fourth-order valence-corrected chi connectivity index (χ4v) is 2.83. The van der Waals surface area contributed by atoms with Gasteiger partial charge < -0.3 is 15.4 Å². The van der Waals surface area contributed by atoms with Gasteiger partial charge in [0.1, 0.15) is 5.75 Å². The molecule has 1 aromatic rings. The van der Waals surface area contributed by atoms with Crippen molar-refractivity contribution in [2.45, 2.75) is 45.1 Å². The van der Waals surface area contributed by atoms with E-state index in [1.165, 1.54) is 5.56 Å². The average molecular weight is 327 g/mol. The van der Waals surface area contributed by atoms with Crippen molar-refractivity contribution in [1.29, 1.82) is 0 Å². The van der Waals surface area contributed by atoms with Crippen LogP contribution < -0.4 is 10.5 Å². The van der Waals surface area contributed by atoms with E-state index in [0.717, 1.165) is 38.0 Å². The van der Waals surface area contributed by atoms with Crippen molar-refractivity contribution < 1.29 is 9.53 Å². The molecule has 22 heavy (non-hydrogen) atoms. The zero-order chi connectivity index (χ0) is 15.1. The lowest BCUT2D eigenvalue weighted by atomic mass is 10.2. The lowest BCUT2D eigenvalue weighted by Crippen LogP contribution is -2.39. The summed E-state index contributed by atoms with van der Waals surface area (Å²) in [6.07, 6.45) is 4.52. The molecule has 1 heterocycles. The number of likely N-dealkylation sites (tertiary alicyclic amines) is 1. The first kappa shape index (κ1) is 18.8. The lowest BCUT2D eigenvalue weighted by Gasteiger charge is -2.23. The van der Waals surface area contributed by atoms with Crippen molar-refractivity contribution in [3.8, 4) is 5.75 Å². The van der Waals surface area contributed by atoms with Crippen LogP contribution in [0.4, 0.5) is 0 Å². The summed E-state index contributed by atoms with van der Waals surface area (Å²) in [5.74, 6) is 1.16. The van der Waals surface area contributed by atoms with Crippen LogP contribution in [0.2, 0.25) is 0 Å². The zero-order valence-corrected chi connectivity index (χ0v) is 14.1. The number of carbonyl (C=O) groups is 1. The number of hydrogen-bond donors (Lipinski definition) is 1. The van der Waals surface area contributed by atoms with Crippen LogP contribution in [0.5, 0.6) is 5.75 Å². The minimum Gasteiger partial charge on any atom is -0.494 e. The molecule has 1 fully saturated rings. The third-order valence-electron chi connectivity index (χ3n) is 4.01. The Labute approximate surface area is 139 Å². The number of unbranched alkanes of at least 4 members (excludes halogenated alkanes) is 1. The molecule has 1 aliphatic rings. The maximum Gasteiger partial charge on any atom is 0.222 e. The average Bonchev–Trinajstić information content (AvgIpc) is 2.95. The molecule has 5 heteroatoms. The number of nitrogens with zero attached hydrogens (tertiary/aromatic N) is 1. The molecule has 0 aliphatic carbocycles. The van der Waals surface area contributed by atoms with Crippen molar-refractivity contribution in [3.05, 3.63) is 29.8 Å². The number of amides is 1. The third-order valence-corrected chi connectivity index (χ3v) is 4.01. The SMILES string of the molecule is Cc1cccc(OCCCCC(=O)N2CCCC2CN)c1.Cl. The van der Waals surface area contributed by atoms with Crippen molar-refractivity contribution in [3.63, 3.8) is 0 Å². The van der Waals surface area contributed by atoms with E-state index in [9.17, 15) is 4.79 Å². The minimum atomic E-state index is 0. The van der Waals surface area contributed by atoms with Crippen LogP contribution in [0.3, 0.4) is 0 Å². The summed E-state index contributed by atoms with van der Waals surface area (Å²) in [7, 11) is 0. The summed E-state index contributed by atoms with van der Waals surface area (Å²) in [6.45, 7) is 4.18. The second-order valence-corrected chi connectivity index (χ2v) is 5.74. The van der Waals surface area contributed by atoms with Gasteiger partial charge >= 0.3 is 0 Å². The highest BCUT2D eigenvalue weighted by molar-refractivity contribution is 5.85. The summed E-state index contributed by atoms with van der Waals surface area (Å²) in [5.41, 5.74) is 6.90. The molecule has 1 atom stereocenters. The Morgan fingerprint density at radius 2 is 2.23 bits per heavy atom. The first-order valence-electron chi connectivity index (χ1n) is 7.89. The van der Waals surface area contributed by atoms with Gasteiger partial charge in [0, 0.05) is 25.6 Å². The number of ether oxygens (including phenoxy) is 1. The first-order valence-corrected chi connectivity index (χ1v) is 7.89. The van der Waals surface area contributed by atoms with Crippen LogP contribution in [0.1, 0.15) is 37.7 Å². The number of benzene rings is 1. The second-order valence-electron chi connectivity index (χ2n) is 5.74. The van der Waals surface area contributed by atoms with E-state index >= 15 is 0 Å². The molecule has 124 valence electrons. The van der Waals surface area contributed by atoms with Crippen molar-refractivity contribution in [2.24, 2.45) is 5.73 Å². The fourth-order valence-electron chi connectivity index (χ4n) is 2.83. The van der Waals surface area contributed by atoms with E-state index in [0.29, 0.717) is 19.6 Å². The summed E-state index contributed by atoms with van der Waals surface area (Å²) in [4.78, 5) is 14.1. The molecule has 0 bridgehead atoms. The van der Waals surface area contributed by atoms with Gasteiger partial charge in [-0.3, -0.25) is 4.79 Å². The fraction of sp³-hybridized carbons (Fsp3) is 0.588. The van der Waals surface area contributed by atoms with E-state index in [-0.39, 0.29) is 24.4 Å². The van der Waals surface area contributed by atoms with Gasteiger partial charge in [-0.1, -0.05) is 12.1 Å². The maximum atomic E-state index is 12.1. The summed E-state index contributed by atoms with van der Waals surface area (Å²) >= 11 is 0. The molecule has 1 aromatic carbocycles. The summed E-state index contributed by atoms with van der Waals surface area (Å²) in [5, 5.41) is 0. The highest BCUT2D eigenvalue weighted by Crippen LogP contribution is 2.18. The molecule has 2 N–H and O–H groups in total. The quantitative estimate of drug-likeness (QED) is 0.784. The molecular weight excluding hydrogens is 300 g/mol. The highest BCUT2D eigenvalue weighted by Gasteiger charge is 2.26. The normalized spacial score (nSPS) is 17.2. The Kier molecular flexibility index (Phi) is 8.28. The third kappa shape index (κ3) is 5.50. The molecule has 2 rings (SSSR count). The van der Waals surface area contributed by atoms with Gasteiger partial charge in [0.2, 0.25) is 5.91 Å². The Bertz CT molecular complexity index is 468. The van der Waals surface area contributed by atoms with Crippen LogP contribution >= 0.6 is 12.4 Å². The van der Waals surface area contributed by atoms with Gasteiger partial charge in [0.25, 0.3) is 0 Å². The predicted octanol–water partition coefficient (Wildman–Crippen LogP) is 2.92. The molecule has 4 nitrogen and oxygen atoms in total. The van der Waals surface area contributed by atoms with Crippen molar-refractivity contribution in [2.75, 3.05) is 19.7 Å². The van der Waals surface area contributed by atoms with E-state index in [1.54, 1.807) is 0 Å². The monoisotopic (exact) mass is 326 g/mol. The van der Waals surface area contributed by atoms with Crippen molar-refractivity contribution >= 4 is 18.3 Å². The van der Waals surface area contributed by atoms with Gasteiger partial charge in [-0.15, -0.1) is 12.4 Å². The largest absolute Gasteiger partial charge is 0.494 e. The van der Waals surface area contributed by atoms with E-state index in [2.05, 4.69) is 13.0 Å². The Morgan fingerprint density at radius 3 is 2.95 bits per heavy atom. The van der Waals surface area contributed by atoms with Gasteiger partial charge in [-0.2, -0.15) is 0 Å². The number of carbonyl (C=O) groups excluding carboxylic acids is 1. The smallest absolute Gasteiger partial charge is 0.222 e. The van der Waals surface area contributed by atoms with Crippen LogP contribution in [-0.4, -0.2) is 36.5 Å². The summed E-state index contributed by atoms with van der Waals surface area (Å²) < 4.78 is 5.69. The minimum absolute atomic E-state index is 0. The maximum absolute atomic E-state index is 12.1. The molecule has 1 unspecified atom stereocenters. The topological polar surface area (TPSA) is 55.6 Å². The van der Waals surface area contributed by atoms with Gasteiger partial charge in [-0.25, -0.2) is 0 Å². The molecule has 1 aliphatic heterocycles. The Hall–Kier alpha value is -1.26. The van der Waals surface area contributed by atoms with Crippen LogP contribution in [0.25, 0.3) is 0 Å². The van der Waals surface area contributed by atoms with E-state index < -0.39 is 0 Å². The molecule has 1 amide bonds. The lowest BCUT2D eigenvalue weighted by molar-refractivity contribution is -0.132. The van der Waals surface area contributed by atoms with E-state index in [4.69, 9.17) is 10.5 Å². The number of nitrogens with two attached hydrogens (primary N) is 1. The number of hydrogen-bond acceptors (Lipinski definition) is 3. The van der Waals surface area contributed by atoms with Gasteiger partial charge in [0.15, 0.2) is 0 Å². The molecule has 0 saturated carbocycles. The molecule has 1 saturated heterocycles. The summed E-state index contributed by atoms with van der Waals surface area (Å²) in [6, 6.07) is 8.31. The number of halogens is 1. The number of aryl methyl sites for hydroxylation is 1. The Morgan fingerprint density at radius 1 is 1.41 bits per heavy atom. The predicted molar refractivity (Wildman–Crippen MR) is 91.6 cm³/mol. The first-order chi connectivity index (χ1) is 10.2. The Balaban J connectivity index is 0.00000242. The van der Waals surface area contributed by atoms with Crippen molar-refractivity contribution in [1.82, 2.24) is 4.90 Å². The zero-order valence-electron chi connectivity index (χ0n) is 13.3. The van der Waals surface area contributed by atoms with Gasteiger partial charge in [0.05, 0.1) is 6.61 Å². The second kappa shape index (κ2) is 9.70. The molecule has 0 spiro atoms. The molecule has 0 radical (unpaired) electrons. The van der Waals surface area contributed by atoms with Crippen LogP contribution in [0, 0.1) is 6.92 Å².